The number of nitrogens with zero attached hydrogens (tertiary/aromatic N) is 3. The van der Waals surface area contributed by atoms with Crippen LogP contribution in [-0.4, -0.2) is 37.6 Å². The summed E-state index contributed by atoms with van der Waals surface area (Å²) in [4.78, 5) is 14.5. The van der Waals surface area contributed by atoms with Gasteiger partial charge in [0.25, 0.3) is 10.0 Å². The lowest BCUT2D eigenvalue weighted by atomic mass is 9.96. The van der Waals surface area contributed by atoms with E-state index in [1.54, 1.807) is 27.7 Å². The van der Waals surface area contributed by atoms with E-state index in [9.17, 15) is 13.2 Å². The van der Waals surface area contributed by atoms with Crippen molar-refractivity contribution in [2.45, 2.75) is 57.8 Å². The zero-order valence-corrected chi connectivity index (χ0v) is 20.3. The first-order chi connectivity index (χ1) is 14.5. The van der Waals surface area contributed by atoms with Crippen LogP contribution in [0.5, 0.6) is 0 Å². The second kappa shape index (κ2) is 9.22. The monoisotopic (exact) mass is 465 g/mol. The first-order valence-corrected chi connectivity index (χ1v) is 12.8. The van der Waals surface area contributed by atoms with Gasteiger partial charge in [-0.05, 0) is 43.4 Å². The van der Waals surface area contributed by atoms with Crippen molar-refractivity contribution in [3.63, 3.8) is 0 Å². The van der Waals surface area contributed by atoms with Gasteiger partial charge in [-0.1, -0.05) is 51.2 Å². The molecule has 1 aromatic carbocycles. The van der Waals surface area contributed by atoms with Crippen molar-refractivity contribution >= 4 is 38.1 Å². The summed E-state index contributed by atoms with van der Waals surface area (Å²) >= 11 is 0.832. The average molecular weight is 466 g/mol. The molecule has 1 fully saturated rings. The molecule has 2 N–H and O–H groups in total. The molecule has 31 heavy (non-hydrogen) atoms. The number of amides is 1. The molecule has 2 heterocycles. The minimum absolute atomic E-state index is 0.160. The number of carbonyl (C=O) groups excluding carboxylic acids is 1. The number of hydrogen-bond acceptors (Lipinski definition) is 7. The number of hydrogen-bond donors (Lipinski definition) is 2. The van der Waals surface area contributed by atoms with E-state index >= 15 is 0 Å². The number of piperidine rings is 1. The number of aromatic nitrogens is 2. The standard InChI is InChI=1S/C21H31N5O3S2/c1-14-7-6-12-26(13-14)17-10-8-16(9-11-17)15(2)25-31(28,29)20-24-23-19(30-20)22-18(27)21(3,4)5/h8-11,14-15,25H,6-7,12-13H2,1-5H3,(H,22,23,27)/t14-,15-/m1/s1. The first kappa shape index (κ1) is 23.6. The molecule has 1 saturated heterocycles. The molecule has 0 bridgehead atoms. The van der Waals surface area contributed by atoms with Gasteiger partial charge in [0.2, 0.25) is 15.4 Å². The number of carbonyl (C=O) groups is 1. The summed E-state index contributed by atoms with van der Waals surface area (Å²) in [6, 6.07) is 7.57. The van der Waals surface area contributed by atoms with Crippen LogP contribution in [0.1, 0.15) is 59.1 Å². The highest BCUT2D eigenvalue weighted by Gasteiger charge is 2.26. The quantitative estimate of drug-likeness (QED) is 0.629. The molecule has 0 unspecified atom stereocenters. The van der Waals surface area contributed by atoms with Gasteiger partial charge in [0.15, 0.2) is 0 Å². The van der Waals surface area contributed by atoms with Crippen molar-refractivity contribution in [1.29, 1.82) is 0 Å². The fourth-order valence-corrected chi connectivity index (χ4v) is 5.55. The molecule has 1 aromatic heterocycles. The third-order valence-electron chi connectivity index (χ3n) is 5.29. The summed E-state index contributed by atoms with van der Waals surface area (Å²) in [6.07, 6.45) is 2.46. The van der Waals surface area contributed by atoms with Crippen molar-refractivity contribution in [3.05, 3.63) is 29.8 Å². The van der Waals surface area contributed by atoms with E-state index in [4.69, 9.17) is 0 Å². The third-order valence-corrected chi connectivity index (χ3v) is 8.03. The van der Waals surface area contributed by atoms with E-state index in [0.717, 1.165) is 35.7 Å². The van der Waals surface area contributed by atoms with Crippen LogP contribution in [0, 0.1) is 11.3 Å². The van der Waals surface area contributed by atoms with Gasteiger partial charge in [-0.2, -0.15) is 0 Å². The lowest BCUT2D eigenvalue weighted by molar-refractivity contribution is -0.123. The largest absolute Gasteiger partial charge is 0.371 e. The van der Waals surface area contributed by atoms with E-state index in [-0.39, 0.29) is 15.4 Å². The Morgan fingerprint density at radius 3 is 2.52 bits per heavy atom. The number of benzene rings is 1. The Morgan fingerprint density at radius 1 is 1.23 bits per heavy atom. The van der Waals surface area contributed by atoms with Crippen molar-refractivity contribution < 1.29 is 13.2 Å². The number of sulfonamides is 1. The van der Waals surface area contributed by atoms with Gasteiger partial charge in [-0.15, -0.1) is 10.2 Å². The Morgan fingerprint density at radius 2 is 1.90 bits per heavy atom. The molecule has 2 atom stereocenters. The summed E-state index contributed by atoms with van der Waals surface area (Å²) in [5, 5.41) is 10.3. The summed E-state index contributed by atoms with van der Waals surface area (Å²) in [7, 11) is -3.86. The minimum Gasteiger partial charge on any atom is -0.371 e. The van der Waals surface area contributed by atoms with Crippen molar-refractivity contribution in [2.24, 2.45) is 11.3 Å². The zero-order valence-electron chi connectivity index (χ0n) is 18.7. The van der Waals surface area contributed by atoms with E-state index in [1.165, 1.54) is 12.8 Å². The molecule has 0 aliphatic carbocycles. The number of anilines is 2. The van der Waals surface area contributed by atoms with Gasteiger partial charge >= 0.3 is 0 Å². The second-order valence-corrected chi connectivity index (χ2v) is 12.1. The van der Waals surface area contributed by atoms with Crippen molar-refractivity contribution in [1.82, 2.24) is 14.9 Å². The predicted molar refractivity (Wildman–Crippen MR) is 124 cm³/mol. The van der Waals surface area contributed by atoms with Crippen LogP contribution in [0.3, 0.4) is 0 Å². The molecule has 2 aromatic rings. The highest BCUT2D eigenvalue weighted by molar-refractivity contribution is 7.91. The van der Waals surface area contributed by atoms with Gasteiger partial charge in [0.05, 0.1) is 0 Å². The maximum atomic E-state index is 12.7. The Hall–Kier alpha value is -2.04. The smallest absolute Gasteiger partial charge is 0.270 e. The van der Waals surface area contributed by atoms with Gasteiger partial charge in [0.1, 0.15) is 0 Å². The van der Waals surface area contributed by atoms with Gasteiger partial charge in [-0.3, -0.25) is 4.79 Å². The lowest BCUT2D eigenvalue weighted by Gasteiger charge is -2.33. The molecule has 1 amide bonds. The fraction of sp³-hybridized carbons (Fsp3) is 0.571. The highest BCUT2D eigenvalue weighted by atomic mass is 32.2. The Balaban J connectivity index is 1.65. The van der Waals surface area contributed by atoms with Crippen molar-refractivity contribution in [3.8, 4) is 0 Å². The molecule has 1 aliphatic heterocycles. The summed E-state index contributed by atoms with van der Waals surface area (Å²) in [6.45, 7) is 11.5. The first-order valence-electron chi connectivity index (χ1n) is 10.5. The van der Waals surface area contributed by atoms with Gasteiger partial charge < -0.3 is 10.2 Å². The highest BCUT2D eigenvalue weighted by Crippen LogP contribution is 2.27. The molecule has 3 rings (SSSR count). The molecule has 0 spiro atoms. The van der Waals surface area contributed by atoms with Crippen LogP contribution in [0.4, 0.5) is 10.8 Å². The predicted octanol–water partition coefficient (Wildman–Crippen LogP) is 3.80. The molecular formula is C21H31N5O3S2. The van der Waals surface area contributed by atoms with Gasteiger partial charge in [0, 0.05) is 30.2 Å². The van der Waals surface area contributed by atoms with E-state index in [1.807, 2.05) is 24.3 Å². The van der Waals surface area contributed by atoms with Crippen LogP contribution in [0.2, 0.25) is 0 Å². The summed E-state index contributed by atoms with van der Waals surface area (Å²) in [5.74, 6) is 0.432. The fourth-order valence-electron chi connectivity index (χ4n) is 3.40. The van der Waals surface area contributed by atoms with Crippen LogP contribution in [0.25, 0.3) is 0 Å². The van der Waals surface area contributed by atoms with Crippen LogP contribution in [0.15, 0.2) is 28.6 Å². The summed E-state index contributed by atoms with van der Waals surface area (Å²) in [5.41, 5.74) is 1.41. The van der Waals surface area contributed by atoms with E-state index < -0.39 is 21.5 Å². The normalized spacial score (nSPS) is 18.6. The van der Waals surface area contributed by atoms with E-state index in [2.05, 4.69) is 32.1 Å². The molecule has 0 radical (unpaired) electrons. The third kappa shape index (κ3) is 6.02. The van der Waals surface area contributed by atoms with Crippen LogP contribution in [-0.2, 0) is 14.8 Å². The Bertz CT molecular complexity index is 1010. The van der Waals surface area contributed by atoms with E-state index in [0.29, 0.717) is 5.92 Å². The minimum atomic E-state index is -3.86. The van der Waals surface area contributed by atoms with Crippen LogP contribution < -0.4 is 14.9 Å². The zero-order chi connectivity index (χ0) is 22.8. The molecular weight excluding hydrogens is 434 g/mol. The van der Waals surface area contributed by atoms with Crippen molar-refractivity contribution in [2.75, 3.05) is 23.3 Å². The Kier molecular flexibility index (Phi) is 7.02. The van der Waals surface area contributed by atoms with Gasteiger partial charge in [-0.25, -0.2) is 13.1 Å². The number of rotatable bonds is 6. The summed E-state index contributed by atoms with van der Waals surface area (Å²) < 4.78 is 27.9. The maximum absolute atomic E-state index is 12.7. The van der Waals surface area contributed by atoms with Crippen LogP contribution >= 0.6 is 11.3 Å². The SMILES string of the molecule is C[C@@H]1CCCN(c2ccc([C@@H](C)NS(=O)(=O)c3nnc(NC(=O)C(C)(C)C)s3)cc2)C1. The average Bonchev–Trinajstić information content (AvgIpc) is 3.16. The number of nitrogens with one attached hydrogen (secondary N) is 2. The maximum Gasteiger partial charge on any atom is 0.270 e. The lowest BCUT2D eigenvalue weighted by Crippen LogP contribution is -2.34. The molecule has 8 nitrogen and oxygen atoms in total. The molecule has 10 heteroatoms. The second-order valence-electron chi connectivity index (χ2n) is 9.21. The molecule has 0 saturated carbocycles. The molecule has 170 valence electrons. The topological polar surface area (TPSA) is 104 Å². The molecule has 1 aliphatic rings. The Labute approximate surface area is 188 Å².